The standard InChI is InChI=1S/C10H18N4O2/c1-4-8(5-2)9-11-12-13-14(9)6-7(3)10(15)16/h7-8H,4-6H2,1-3H3,(H,15,16). The fourth-order valence-corrected chi connectivity index (χ4v) is 1.63. The third kappa shape index (κ3) is 2.77. The molecule has 0 saturated heterocycles. The zero-order valence-corrected chi connectivity index (χ0v) is 9.92. The first kappa shape index (κ1) is 12.6. The summed E-state index contributed by atoms with van der Waals surface area (Å²) < 4.78 is 1.61. The molecular weight excluding hydrogens is 208 g/mol. The smallest absolute Gasteiger partial charge is 0.308 e. The Hall–Kier alpha value is -1.46. The first-order chi connectivity index (χ1) is 7.60. The van der Waals surface area contributed by atoms with Crippen LogP contribution in [-0.4, -0.2) is 31.3 Å². The molecule has 1 N–H and O–H groups in total. The van der Waals surface area contributed by atoms with Crippen molar-refractivity contribution in [1.82, 2.24) is 20.2 Å². The number of tetrazole rings is 1. The fourth-order valence-electron chi connectivity index (χ4n) is 1.63. The van der Waals surface area contributed by atoms with Gasteiger partial charge in [0.15, 0.2) is 5.82 Å². The predicted octanol–water partition coefficient (Wildman–Crippen LogP) is 1.30. The Kier molecular flexibility index (Phi) is 4.39. The van der Waals surface area contributed by atoms with Gasteiger partial charge in [0.05, 0.1) is 12.5 Å². The number of aromatic nitrogens is 4. The summed E-state index contributed by atoms with van der Waals surface area (Å²) in [5.41, 5.74) is 0. The summed E-state index contributed by atoms with van der Waals surface area (Å²) in [5.74, 6) is -0.211. The van der Waals surface area contributed by atoms with Gasteiger partial charge >= 0.3 is 5.97 Å². The van der Waals surface area contributed by atoms with Crippen molar-refractivity contribution in [3.05, 3.63) is 5.82 Å². The third-order valence-electron chi connectivity index (χ3n) is 2.78. The maximum absolute atomic E-state index is 10.8. The molecule has 0 fully saturated rings. The number of rotatable bonds is 6. The van der Waals surface area contributed by atoms with Crippen LogP contribution < -0.4 is 0 Å². The van der Waals surface area contributed by atoms with E-state index in [4.69, 9.17) is 5.11 Å². The lowest BCUT2D eigenvalue weighted by Gasteiger charge is -2.13. The van der Waals surface area contributed by atoms with Gasteiger partial charge in [-0.2, -0.15) is 0 Å². The highest BCUT2D eigenvalue weighted by Crippen LogP contribution is 2.20. The third-order valence-corrected chi connectivity index (χ3v) is 2.78. The molecule has 1 unspecified atom stereocenters. The highest BCUT2D eigenvalue weighted by atomic mass is 16.4. The van der Waals surface area contributed by atoms with Crippen LogP contribution in [0.4, 0.5) is 0 Å². The lowest BCUT2D eigenvalue weighted by Crippen LogP contribution is -2.20. The number of carboxylic acid groups (broad SMARTS) is 1. The van der Waals surface area contributed by atoms with E-state index in [0.717, 1.165) is 18.7 Å². The first-order valence-electron chi connectivity index (χ1n) is 5.58. The number of carbonyl (C=O) groups is 1. The number of nitrogens with zero attached hydrogens (tertiary/aromatic N) is 4. The molecular formula is C10H18N4O2. The zero-order valence-electron chi connectivity index (χ0n) is 9.92. The topological polar surface area (TPSA) is 80.9 Å². The highest BCUT2D eigenvalue weighted by Gasteiger charge is 2.19. The summed E-state index contributed by atoms with van der Waals surface area (Å²) in [4.78, 5) is 10.8. The summed E-state index contributed by atoms with van der Waals surface area (Å²) >= 11 is 0. The van der Waals surface area contributed by atoms with Crippen molar-refractivity contribution in [2.75, 3.05) is 0 Å². The Labute approximate surface area is 94.7 Å². The van der Waals surface area contributed by atoms with Crippen LogP contribution in [0.1, 0.15) is 45.4 Å². The monoisotopic (exact) mass is 226 g/mol. The zero-order chi connectivity index (χ0) is 12.1. The average Bonchev–Trinajstić information content (AvgIpc) is 2.68. The molecule has 0 aliphatic heterocycles. The molecule has 0 saturated carbocycles. The maximum Gasteiger partial charge on any atom is 0.308 e. The van der Waals surface area contributed by atoms with E-state index in [1.165, 1.54) is 0 Å². The van der Waals surface area contributed by atoms with Crippen molar-refractivity contribution < 1.29 is 9.90 Å². The van der Waals surface area contributed by atoms with Gasteiger partial charge in [-0.3, -0.25) is 4.79 Å². The number of hydrogen-bond donors (Lipinski definition) is 1. The lowest BCUT2D eigenvalue weighted by atomic mass is 10.0. The second-order valence-corrected chi connectivity index (χ2v) is 3.97. The second-order valence-electron chi connectivity index (χ2n) is 3.97. The van der Waals surface area contributed by atoms with Crippen LogP contribution in [0, 0.1) is 5.92 Å². The molecule has 0 aromatic carbocycles. The molecule has 1 rings (SSSR count). The van der Waals surface area contributed by atoms with Gasteiger partial charge < -0.3 is 5.11 Å². The predicted molar refractivity (Wildman–Crippen MR) is 57.9 cm³/mol. The highest BCUT2D eigenvalue weighted by molar-refractivity contribution is 5.69. The second kappa shape index (κ2) is 5.58. The van der Waals surface area contributed by atoms with E-state index >= 15 is 0 Å². The van der Waals surface area contributed by atoms with E-state index in [9.17, 15) is 4.79 Å². The van der Waals surface area contributed by atoms with Crippen LogP contribution in [0.3, 0.4) is 0 Å². The van der Waals surface area contributed by atoms with Crippen LogP contribution in [0.25, 0.3) is 0 Å². The van der Waals surface area contributed by atoms with E-state index in [-0.39, 0.29) is 0 Å². The summed E-state index contributed by atoms with van der Waals surface area (Å²) in [6, 6.07) is 0. The molecule has 16 heavy (non-hydrogen) atoms. The molecule has 1 aromatic rings. The Morgan fingerprint density at radius 3 is 2.56 bits per heavy atom. The normalized spacial score (nSPS) is 13.0. The molecule has 6 nitrogen and oxygen atoms in total. The largest absolute Gasteiger partial charge is 0.481 e. The minimum absolute atomic E-state index is 0.302. The van der Waals surface area contributed by atoms with Crippen LogP contribution in [0.15, 0.2) is 0 Å². The van der Waals surface area contributed by atoms with Crippen LogP contribution in [0.5, 0.6) is 0 Å². The SMILES string of the molecule is CCC(CC)c1nnnn1CC(C)C(=O)O. The van der Waals surface area contributed by atoms with Crippen LogP contribution in [0.2, 0.25) is 0 Å². The van der Waals surface area contributed by atoms with E-state index in [1.54, 1.807) is 11.6 Å². The molecule has 0 radical (unpaired) electrons. The van der Waals surface area contributed by atoms with Gasteiger partial charge in [-0.05, 0) is 23.3 Å². The molecule has 0 bridgehead atoms. The van der Waals surface area contributed by atoms with Gasteiger partial charge in [0, 0.05) is 5.92 Å². The van der Waals surface area contributed by atoms with Crippen molar-refractivity contribution in [3.8, 4) is 0 Å². The Balaban J connectivity index is 2.81. The van der Waals surface area contributed by atoms with Gasteiger partial charge in [-0.1, -0.05) is 20.8 Å². The van der Waals surface area contributed by atoms with E-state index in [1.807, 2.05) is 0 Å². The van der Waals surface area contributed by atoms with Crippen molar-refractivity contribution >= 4 is 5.97 Å². The van der Waals surface area contributed by atoms with Crippen LogP contribution >= 0.6 is 0 Å². The quantitative estimate of drug-likeness (QED) is 0.790. The maximum atomic E-state index is 10.8. The Morgan fingerprint density at radius 2 is 2.06 bits per heavy atom. The van der Waals surface area contributed by atoms with E-state index in [2.05, 4.69) is 29.4 Å². The number of hydrogen-bond acceptors (Lipinski definition) is 4. The Bertz CT molecular complexity index is 346. The molecule has 1 atom stereocenters. The molecule has 0 aliphatic carbocycles. The van der Waals surface area contributed by atoms with Crippen molar-refractivity contribution in [3.63, 3.8) is 0 Å². The van der Waals surface area contributed by atoms with Gasteiger partial charge in [0.25, 0.3) is 0 Å². The Morgan fingerprint density at radius 1 is 1.44 bits per heavy atom. The first-order valence-corrected chi connectivity index (χ1v) is 5.58. The summed E-state index contributed by atoms with van der Waals surface area (Å²) in [6.45, 7) is 6.14. The van der Waals surface area contributed by atoms with Gasteiger partial charge in [0.1, 0.15) is 0 Å². The van der Waals surface area contributed by atoms with Crippen molar-refractivity contribution in [2.45, 2.75) is 46.1 Å². The molecule has 0 spiro atoms. The van der Waals surface area contributed by atoms with Crippen LogP contribution in [-0.2, 0) is 11.3 Å². The molecule has 1 heterocycles. The van der Waals surface area contributed by atoms with Gasteiger partial charge in [-0.25, -0.2) is 4.68 Å². The van der Waals surface area contributed by atoms with Gasteiger partial charge in [-0.15, -0.1) is 5.10 Å². The minimum Gasteiger partial charge on any atom is -0.481 e. The fraction of sp³-hybridized carbons (Fsp3) is 0.800. The molecule has 0 aliphatic rings. The lowest BCUT2D eigenvalue weighted by molar-refractivity contribution is -0.141. The minimum atomic E-state index is -0.828. The molecule has 1 aromatic heterocycles. The van der Waals surface area contributed by atoms with Crippen molar-refractivity contribution in [2.24, 2.45) is 5.92 Å². The molecule has 6 heteroatoms. The van der Waals surface area contributed by atoms with Gasteiger partial charge in [0.2, 0.25) is 0 Å². The summed E-state index contributed by atoms with van der Waals surface area (Å²) in [7, 11) is 0. The summed E-state index contributed by atoms with van der Waals surface area (Å²) in [6.07, 6.45) is 1.91. The molecule has 0 amide bonds. The van der Waals surface area contributed by atoms with E-state index < -0.39 is 11.9 Å². The van der Waals surface area contributed by atoms with E-state index in [0.29, 0.717) is 12.5 Å². The average molecular weight is 226 g/mol. The van der Waals surface area contributed by atoms with Crippen molar-refractivity contribution in [1.29, 1.82) is 0 Å². The number of aliphatic carboxylic acids is 1. The number of carboxylic acids is 1. The molecule has 90 valence electrons. The summed E-state index contributed by atoms with van der Waals surface area (Å²) in [5, 5.41) is 20.3.